The second-order valence-corrected chi connectivity index (χ2v) is 6.26. The van der Waals surface area contributed by atoms with E-state index < -0.39 is 11.4 Å². The third-order valence-corrected chi connectivity index (χ3v) is 4.47. The highest BCUT2D eigenvalue weighted by molar-refractivity contribution is 7.09. The lowest BCUT2D eigenvalue weighted by molar-refractivity contribution is -0.151. The summed E-state index contributed by atoms with van der Waals surface area (Å²) < 4.78 is 5.67. The van der Waals surface area contributed by atoms with Crippen molar-refractivity contribution < 1.29 is 14.6 Å². The molecule has 0 saturated carbocycles. The third-order valence-electron chi connectivity index (χ3n) is 3.65. The molecule has 5 heteroatoms. The van der Waals surface area contributed by atoms with Gasteiger partial charge in [-0.25, -0.2) is 4.98 Å². The highest BCUT2D eigenvalue weighted by Gasteiger charge is 2.43. The predicted molar refractivity (Wildman–Crippen MR) is 76.3 cm³/mol. The summed E-state index contributed by atoms with van der Waals surface area (Å²) in [6.07, 6.45) is 0.885. The molecule has 0 saturated heterocycles. The average Bonchev–Trinajstić information content (AvgIpc) is 2.83. The van der Waals surface area contributed by atoms with E-state index >= 15 is 0 Å². The van der Waals surface area contributed by atoms with Crippen LogP contribution in [0.2, 0.25) is 0 Å². The van der Waals surface area contributed by atoms with Crippen LogP contribution in [0.1, 0.15) is 16.3 Å². The monoisotopic (exact) mass is 289 g/mol. The molecule has 4 nitrogen and oxygen atoms in total. The largest absolute Gasteiger partial charge is 0.492 e. The zero-order chi connectivity index (χ0) is 14.2. The first kappa shape index (κ1) is 13.1. The van der Waals surface area contributed by atoms with E-state index in [9.17, 15) is 9.90 Å². The molecule has 0 fully saturated rings. The smallest absolute Gasteiger partial charge is 0.313 e. The van der Waals surface area contributed by atoms with E-state index in [1.54, 1.807) is 11.3 Å². The maximum Gasteiger partial charge on any atom is 0.313 e. The van der Waals surface area contributed by atoms with Crippen LogP contribution < -0.4 is 4.74 Å². The number of aliphatic carboxylic acids is 1. The molecule has 0 radical (unpaired) electrons. The van der Waals surface area contributed by atoms with Crippen LogP contribution >= 0.6 is 11.3 Å². The van der Waals surface area contributed by atoms with Gasteiger partial charge < -0.3 is 9.84 Å². The lowest BCUT2D eigenvalue weighted by Gasteiger charge is -2.34. The molecule has 1 aromatic heterocycles. The van der Waals surface area contributed by atoms with Crippen LogP contribution in [0, 0.1) is 12.3 Å². The van der Waals surface area contributed by atoms with E-state index in [1.807, 2.05) is 36.6 Å². The van der Waals surface area contributed by atoms with Crippen molar-refractivity contribution in [2.45, 2.75) is 19.8 Å². The number of carboxylic acid groups (broad SMARTS) is 1. The fraction of sp³-hybridized carbons (Fsp3) is 0.333. The minimum absolute atomic E-state index is 0.190. The first-order chi connectivity index (χ1) is 9.59. The maximum absolute atomic E-state index is 11.8. The van der Waals surface area contributed by atoms with Gasteiger partial charge in [0, 0.05) is 11.8 Å². The Morgan fingerprint density at radius 1 is 1.50 bits per heavy atom. The highest BCUT2D eigenvalue weighted by Crippen LogP contribution is 2.37. The van der Waals surface area contributed by atoms with E-state index in [1.165, 1.54) is 0 Å². The number of rotatable bonds is 3. The number of nitrogens with zero attached hydrogens (tertiary/aromatic N) is 1. The number of aromatic nitrogens is 1. The standard InChI is InChI=1S/C15H15NO3S/c1-10-16-12(8-20-10)7-15(14(17)18)6-11-4-2-3-5-13(11)19-9-15/h2-5,8H,6-7,9H2,1H3,(H,17,18). The van der Waals surface area contributed by atoms with E-state index in [0.29, 0.717) is 12.8 Å². The zero-order valence-electron chi connectivity index (χ0n) is 11.1. The van der Waals surface area contributed by atoms with Gasteiger partial charge in [-0.3, -0.25) is 4.79 Å². The molecule has 0 bridgehead atoms. The van der Waals surface area contributed by atoms with Gasteiger partial charge in [0.15, 0.2) is 0 Å². The minimum Gasteiger partial charge on any atom is -0.492 e. The molecule has 0 amide bonds. The van der Waals surface area contributed by atoms with Crippen LogP contribution in [0.5, 0.6) is 5.75 Å². The molecule has 2 heterocycles. The van der Waals surface area contributed by atoms with Gasteiger partial charge in [-0.1, -0.05) is 18.2 Å². The second kappa shape index (κ2) is 4.90. The second-order valence-electron chi connectivity index (χ2n) is 5.19. The molecule has 3 rings (SSSR count). The van der Waals surface area contributed by atoms with Crippen molar-refractivity contribution in [3.05, 3.63) is 45.9 Å². The van der Waals surface area contributed by atoms with Gasteiger partial charge in [-0.05, 0) is 25.0 Å². The molecule has 1 aliphatic heterocycles. The van der Waals surface area contributed by atoms with Gasteiger partial charge >= 0.3 is 5.97 Å². The Balaban J connectivity index is 1.92. The van der Waals surface area contributed by atoms with Crippen LogP contribution in [0.4, 0.5) is 0 Å². The molecule has 1 atom stereocenters. The minimum atomic E-state index is -0.922. The lowest BCUT2D eigenvalue weighted by atomic mass is 9.77. The van der Waals surface area contributed by atoms with E-state index in [2.05, 4.69) is 4.98 Å². The van der Waals surface area contributed by atoms with Crippen molar-refractivity contribution in [1.29, 1.82) is 0 Å². The van der Waals surface area contributed by atoms with Crippen molar-refractivity contribution in [2.75, 3.05) is 6.61 Å². The van der Waals surface area contributed by atoms with Crippen LogP contribution in [0.25, 0.3) is 0 Å². The van der Waals surface area contributed by atoms with Crippen molar-refractivity contribution >= 4 is 17.3 Å². The molecule has 0 aliphatic carbocycles. The number of thiazole rings is 1. The van der Waals surface area contributed by atoms with E-state index in [0.717, 1.165) is 22.0 Å². The summed E-state index contributed by atoms with van der Waals surface area (Å²) in [4.78, 5) is 16.2. The topological polar surface area (TPSA) is 59.4 Å². The first-order valence-electron chi connectivity index (χ1n) is 6.44. The van der Waals surface area contributed by atoms with Crippen molar-refractivity contribution in [3.63, 3.8) is 0 Å². The van der Waals surface area contributed by atoms with Gasteiger partial charge in [0.25, 0.3) is 0 Å². The number of benzene rings is 1. The van der Waals surface area contributed by atoms with Crippen molar-refractivity contribution in [1.82, 2.24) is 4.98 Å². The Morgan fingerprint density at radius 2 is 2.30 bits per heavy atom. The Hall–Kier alpha value is -1.88. The van der Waals surface area contributed by atoms with E-state index in [4.69, 9.17) is 4.74 Å². The molecular weight excluding hydrogens is 274 g/mol. The van der Waals surface area contributed by atoms with Gasteiger partial charge in [0.2, 0.25) is 0 Å². The summed E-state index contributed by atoms with van der Waals surface area (Å²) >= 11 is 1.54. The number of carbonyl (C=O) groups is 1. The quantitative estimate of drug-likeness (QED) is 0.943. The molecule has 1 aromatic carbocycles. The predicted octanol–water partition coefficient (Wildman–Crippen LogP) is 2.70. The molecule has 0 spiro atoms. The molecule has 104 valence electrons. The Kier molecular flexibility index (Phi) is 3.22. The Bertz CT molecular complexity index is 652. The lowest BCUT2D eigenvalue weighted by Crippen LogP contribution is -2.43. The zero-order valence-corrected chi connectivity index (χ0v) is 11.9. The maximum atomic E-state index is 11.8. The first-order valence-corrected chi connectivity index (χ1v) is 7.32. The van der Waals surface area contributed by atoms with Gasteiger partial charge in [0.1, 0.15) is 17.8 Å². The highest BCUT2D eigenvalue weighted by atomic mass is 32.1. The Morgan fingerprint density at radius 3 is 3.00 bits per heavy atom. The normalized spacial score (nSPS) is 21.1. The summed E-state index contributed by atoms with van der Waals surface area (Å²) in [6, 6.07) is 7.62. The van der Waals surface area contributed by atoms with E-state index in [-0.39, 0.29) is 6.61 Å². The number of para-hydroxylation sites is 1. The molecule has 1 N–H and O–H groups in total. The number of ether oxygens (including phenoxy) is 1. The molecule has 2 aromatic rings. The summed E-state index contributed by atoms with van der Waals surface area (Å²) in [5.74, 6) is -0.0310. The van der Waals surface area contributed by atoms with Gasteiger partial charge in [-0.15, -0.1) is 11.3 Å². The molecule has 1 unspecified atom stereocenters. The summed E-state index contributed by atoms with van der Waals surface area (Å²) in [5, 5.41) is 12.6. The van der Waals surface area contributed by atoms with Crippen LogP contribution in [-0.4, -0.2) is 22.7 Å². The fourth-order valence-electron chi connectivity index (χ4n) is 2.58. The van der Waals surface area contributed by atoms with Crippen LogP contribution in [-0.2, 0) is 17.6 Å². The van der Waals surface area contributed by atoms with Gasteiger partial charge in [-0.2, -0.15) is 0 Å². The van der Waals surface area contributed by atoms with Crippen molar-refractivity contribution in [3.8, 4) is 5.75 Å². The number of aryl methyl sites for hydroxylation is 1. The van der Waals surface area contributed by atoms with Crippen LogP contribution in [0.3, 0.4) is 0 Å². The summed E-state index contributed by atoms with van der Waals surface area (Å²) in [5.41, 5.74) is 0.862. The average molecular weight is 289 g/mol. The Labute approximate surface area is 121 Å². The number of carboxylic acids is 1. The van der Waals surface area contributed by atoms with Crippen molar-refractivity contribution in [2.24, 2.45) is 5.41 Å². The molecular formula is C15H15NO3S. The summed E-state index contributed by atoms with van der Waals surface area (Å²) in [6.45, 7) is 2.12. The van der Waals surface area contributed by atoms with Gasteiger partial charge in [0.05, 0.1) is 10.7 Å². The number of hydrogen-bond acceptors (Lipinski definition) is 4. The number of hydrogen-bond donors (Lipinski definition) is 1. The number of fused-ring (bicyclic) bond motifs is 1. The molecule has 20 heavy (non-hydrogen) atoms. The molecule has 1 aliphatic rings. The third kappa shape index (κ3) is 2.29. The fourth-order valence-corrected chi connectivity index (χ4v) is 3.20. The SMILES string of the molecule is Cc1nc(CC2(C(=O)O)COc3ccccc3C2)cs1. The van der Waals surface area contributed by atoms with Crippen LogP contribution in [0.15, 0.2) is 29.6 Å². The summed E-state index contributed by atoms with van der Waals surface area (Å²) in [7, 11) is 0.